The molecule has 1 aliphatic carbocycles. The molecule has 0 unspecified atom stereocenters. The molecule has 1 aromatic rings. The summed E-state index contributed by atoms with van der Waals surface area (Å²) in [5.41, 5.74) is 1.08. The third-order valence-corrected chi connectivity index (χ3v) is 3.98. The molecule has 0 spiro atoms. The largest absolute Gasteiger partial charge is 0.494 e. The van der Waals surface area contributed by atoms with Crippen molar-refractivity contribution in [2.45, 2.75) is 58.0 Å². The van der Waals surface area contributed by atoms with Gasteiger partial charge < -0.3 is 15.4 Å². The highest BCUT2D eigenvalue weighted by atomic mass is 16.5. The van der Waals surface area contributed by atoms with Crippen LogP contribution in [-0.2, 0) is 0 Å². The molecule has 0 aliphatic heterocycles. The van der Waals surface area contributed by atoms with Gasteiger partial charge in [-0.3, -0.25) is 0 Å². The van der Waals surface area contributed by atoms with Crippen LogP contribution in [0.4, 0.5) is 4.79 Å². The lowest BCUT2D eigenvalue weighted by Crippen LogP contribution is -2.43. The van der Waals surface area contributed by atoms with Crippen LogP contribution in [0, 0.1) is 0 Å². The first-order valence-corrected chi connectivity index (χ1v) is 7.99. The summed E-state index contributed by atoms with van der Waals surface area (Å²) >= 11 is 0. The lowest BCUT2D eigenvalue weighted by atomic mass is 9.96. The van der Waals surface area contributed by atoms with Crippen LogP contribution in [0.15, 0.2) is 24.3 Å². The number of ether oxygens (including phenoxy) is 1. The minimum atomic E-state index is -0.0664. The van der Waals surface area contributed by atoms with Gasteiger partial charge in [0.25, 0.3) is 0 Å². The quantitative estimate of drug-likeness (QED) is 0.867. The van der Waals surface area contributed by atoms with Crippen molar-refractivity contribution in [1.82, 2.24) is 10.6 Å². The zero-order valence-corrected chi connectivity index (χ0v) is 13.0. The molecule has 1 aliphatic rings. The summed E-state index contributed by atoms with van der Waals surface area (Å²) in [5.74, 6) is 0.861. The molecular weight excluding hydrogens is 264 g/mol. The van der Waals surface area contributed by atoms with Gasteiger partial charge in [0.15, 0.2) is 0 Å². The van der Waals surface area contributed by atoms with E-state index in [0.717, 1.165) is 24.2 Å². The SMILES string of the molecule is CCOc1ccc([C@H](C)NC(=O)NC2CCCCC2)cc1. The highest BCUT2D eigenvalue weighted by molar-refractivity contribution is 5.74. The molecule has 1 saturated carbocycles. The molecule has 0 bridgehead atoms. The van der Waals surface area contributed by atoms with Crippen molar-refractivity contribution in [2.75, 3.05) is 6.61 Å². The number of carbonyl (C=O) groups excluding carboxylic acids is 1. The van der Waals surface area contributed by atoms with E-state index < -0.39 is 0 Å². The molecule has 1 aromatic carbocycles. The minimum absolute atomic E-state index is 0.00994. The second-order valence-corrected chi connectivity index (χ2v) is 5.68. The maximum absolute atomic E-state index is 12.0. The van der Waals surface area contributed by atoms with Gasteiger partial charge in [-0.05, 0) is 44.4 Å². The number of hydrogen-bond acceptors (Lipinski definition) is 2. The first-order chi connectivity index (χ1) is 10.2. The Balaban J connectivity index is 1.82. The van der Waals surface area contributed by atoms with Gasteiger partial charge >= 0.3 is 6.03 Å². The lowest BCUT2D eigenvalue weighted by molar-refractivity contribution is 0.229. The van der Waals surface area contributed by atoms with Gasteiger partial charge in [0.1, 0.15) is 5.75 Å². The fourth-order valence-corrected chi connectivity index (χ4v) is 2.77. The molecular formula is C17H26N2O2. The average Bonchev–Trinajstić information content (AvgIpc) is 2.49. The third kappa shape index (κ3) is 4.96. The van der Waals surface area contributed by atoms with Crippen LogP contribution >= 0.6 is 0 Å². The van der Waals surface area contributed by atoms with Crippen molar-refractivity contribution in [3.63, 3.8) is 0 Å². The summed E-state index contributed by atoms with van der Waals surface area (Å²) in [6.07, 6.45) is 5.94. The molecule has 4 heteroatoms. The number of carbonyl (C=O) groups is 1. The Kier molecular flexibility index (Phi) is 5.90. The number of rotatable bonds is 5. The fraction of sp³-hybridized carbons (Fsp3) is 0.588. The summed E-state index contributed by atoms with van der Waals surface area (Å²) in [4.78, 5) is 12.0. The van der Waals surface area contributed by atoms with Crippen LogP contribution in [0.3, 0.4) is 0 Å². The maximum atomic E-state index is 12.0. The van der Waals surface area contributed by atoms with Crippen LogP contribution in [0.2, 0.25) is 0 Å². The Morgan fingerprint density at radius 2 is 1.90 bits per heavy atom. The molecule has 0 heterocycles. The van der Waals surface area contributed by atoms with Gasteiger partial charge in [0, 0.05) is 6.04 Å². The maximum Gasteiger partial charge on any atom is 0.315 e. The number of benzene rings is 1. The van der Waals surface area contributed by atoms with Crippen molar-refractivity contribution in [2.24, 2.45) is 0 Å². The van der Waals surface area contributed by atoms with Crippen molar-refractivity contribution >= 4 is 6.03 Å². The van der Waals surface area contributed by atoms with Crippen LogP contribution in [0.1, 0.15) is 57.6 Å². The van der Waals surface area contributed by atoms with E-state index in [1.807, 2.05) is 38.1 Å². The van der Waals surface area contributed by atoms with Crippen molar-refractivity contribution in [3.8, 4) is 5.75 Å². The minimum Gasteiger partial charge on any atom is -0.494 e. The van der Waals surface area contributed by atoms with E-state index in [4.69, 9.17) is 4.74 Å². The van der Waals surface area contributed by atoms with Gasteiger partial charge in [-0.2, -0.15) is 0 Å². The Labute approximate surface area is 127 Å². The molecule has 4 nitrogen and oxygen atoms in total. The van der Waals surface area contributed by atoms with E-state index in [9.17, 15) is 4.79 Å². The molecule has 1 atom stereocenters. The summed E-state index contributed by atoms with van der Waals surface area (Å²) in [6.45, 7) is 4.63. The van der Waals surface area contributed by atoms with E-state index in [-0.39, 0.29) is 12.1 Å². The molecule has 2 amide bonds. The van der Waals surface area contributed by atoms with E-state index in [1.165, 1.54) is 19.3 Å². The molecule has 0 saturated heterocycles. The smallest absolute Gasteiger partial charge is 0.315 e. The Bertz CT molecular complexity index is 439. The predicted molar refractivity (Wildman–Crippen MR) is 84.6 cm³/mol. The van der Waals surface area contributed by atoms with E-state index in [2.05, 4.69) is 10.6 Å². The number of amides is 2. The second kappa shape index (κ2) is 7.91. The third-order valence-electron chi connectivity index (χ3n) is 3.98. The van der Waals surface area contributed by atoms with Crippen LogP contribution in [0.25, 0.3) is 0 Å². The summed E-state index contributed by atoms with van der Waals surface area (Å²) in [6, 6.07) is 8.14. The van der Waals surface area contributed by atoms with Gasteiger partial charge in [0.2, 0.25) is 0 Å². The molecule has 1 fully saturated rings. The zero-order chi connectivity index (χ0) is 15.1. The van der Waals surface area contributed by atoms with Gasteiger partial charge in [0.05, 0.1) is 12.6 Å². The summed E-state index contributed by atoms with van der Waals surface area (Å²) in [7, 11) is 0. The van der Waals surface area contributed by atoms with Crippen molar-refractivity contribution in [3.05, 3.63) is 29.8 Å². The fourth-order valence-electron chi connectivity index (χ4n) is 2.77. The Hall–Kier alpha value is -1.71. The number of urea groups is 1. The summed E-state index contributed by atoms with van der Waals surface area (Å²) < 4.78 is 5.42. The van der Waals surface area contributed by atoms with E-state index in [0.29, 0.717) is 12.6 Å². The van der Waals surface area contributed by atoms with E-state index >= 15 is 0 Å². The summed E-state index contributed by atoms with van der Waals surface area (Å²) in [5, 5.41) is 6.08. The Morgan fingerprint density at radius 3 is 2.52 bits per heavy atom. The normalized spacial score (nSPS) is 17.0. The lowest BCUT2D eigenvalue weighted by Gasteiger charge is -2.24. The Morgan fingerprint density at radius 1 is 1.24 bits per heavy atom. The molecule has 0 radical (unpaired) electrons. The molecule has 2 N–H and O–H groups in total. The van der Waals surface area contributed by atoms with Crippen molar-refractivity contribution < 1.29 is 9.53 Å². The topological polar surface area (TPSA) is 50.4 Å². The monoisotopic (exact) mass is 290 g/mol. The van der Waals surface area contributed by atoms with Gasteiger partial charge in [-0.25, -0.2) is 4.79 Å². The number of nitrogens with one attached hydrogen (secondary N) is 2. The highest BCUT2D eigenvalue weighted by Crippen LogP contribution is 2.19. The second-order valence-electron chi connectivity index (χ2n) is 5.68. The molecule has 0 aromatic heterocycles. The van der Waals surface area contributed by atoms with Gasteiger partial charge in [-0.1, -0.05) is 31.4 Å². The predicted octanol–water partition coefficient (Wildman–Crippen LogP) is 3.78. The molecule has 116 valence electrons. The average molecular weight is 290 g/mol. The van der Waals surface area contributed by atoms with Crippen molar-refractivity contribution in [1.29, 1.82) is 0 Å². The first kappa shape index (κ1) is 15.7. The molecule has 21 heavy (non-hydrogen) atoms. The zero-order valence-electron chi connectivity index (χ0n) is 13.0. The standard InChI is InChI=1S/C17H26N2O2/c1-3-21-16-11-9-14(10-12-16)13(2)18-17(20)19-15-7-5-4-6-8-15/h9-13,15H,3-8H2,1-2H3,(H2,18,19,20)/t13-/m0/s1. The number of hydrogen-bond donors (Lipinski definition) is 2. The first-order valence-electron chi connectivity index (χ1n) is 7.99. The molecule has 2 rings (SSSR count). The van der Waals surface area contributed by atoms with Crippen LogP contribution in [0.5, 0.6) is 5.75 Å². The van der Waals surface area contributed by atoms with Gasteiger partial charge in [-0.15, -0.1) is 0 Å². The highest BCUT2D eigenvalue weighted by Gasteiger charge is 2.17. The van der Waals surface area contributed by atoms with Crippen LogP contribution < -0.4 is 15.4 Å². The van der Waals surface area contributed by atoms with E-state index in [1.54, 1.807) is 0 Å². The van der Waals surface area contributed by atoms with Crippen LogP contribution in [-0.4, -0.2) is 18.7 Å².